The molecule has 0 radical (unpaired) electrons. The zero-order chi connectivity index (χ0) is 20.4. The van der Waals surface area contributed by atoms with Gasteiger partial charge in [0.2, 0.25) is 5.91 Å². The second-order valence-electron chi connectivity index (χ2n) is 7.39. The van der Waals surface area contributed by atoms with Gasteiger partial charge >= 0.3 is 0 Å². The Hall–Kier alpha value is -3.22. The molecule has 0 spiro atoms. The first kappa shape index (κ1) is 19.1. The molecule has 4 rings (SSSR count). The van der Waals surface area contributed by atoms with Crippen LogP contribution in [0.1, 0.15) is 35.2 Å². The summed E-state index contributed by atoms with van der Waals surface area (Å²) < 4.78 is 13.6. The van der Waals surface area contributed by atoms with Crippen LogP contribution in [0.15, 0.2) is 36.4 Å². The minimum atomic E-state index is -0.333. The van der Waals surface area contributed by atoms with Gasteiger partial charge < -0.3 is 10.2 Å². The molecule has 2 amide bonds. The number of amides is 2. The van der Waals surface area contributed by atoms with Gasteiger partial charge in [-0.25, -0.2) is 4.39 Å². The van der Waals surface area contributed by atoms with Crippen LogP contribution in [0.2, 0.25) is 0 Å². The topological polar surface area (TPSA) is 78.1 Å². The number of aryl methyl sites for hydroxylation is 1. The summed E-state index contributed by atoms with van der Waals surface area (Å²) in [5.41, 5.74) is 3.46. The number of carbonyl (C=O) groups excluding carboxylic acids is 2. The number of likely N-dealkylation sites (tertiary alicyclic amines) is 1. The molecule has 2 heterocycles. The van der Waals surface area contributed by atoms with Crippen LogP contribution in [0.4, 0.5) is 4.39 Å². The van der Waals surface area contributed by atoms with Crippen molar-refractivity contribution >= 4 is 22.7 Å². The number of hydrogen-bond donors (Lipinski definition) is 2. The maximum atomic E-state index is 13.6. The van der Waals surface area contributed by atoms with Crippen LogP contribution in [0, 0.1) is 12.7 Å². The molecule has 6 nitrogen and oxygen atoms in total. The number of nitrogens with one attached hydrogen (secondary N) is 2. The van der Waals surface area contributed by atoms with Gasteiger partial charge in [-0.3, -0.25) is 14.7 Å². The van der Waals surface area contributed by atoms with Crippen molar-refractivity contribution in [2.75, 3.05) is 19.6 Å². The van der Waals surface area contributed by atoms with Crippen molar-refractivity contribution in [3.63, 3.8) is 0 Å². The van der Waals surface area contributed by atoms with Crippen molar-refractivity contribution in [3.8, 4) is 11.3 Å². The van der Waals surface area contributed by atoms with Crippen LogP contribution in [0.25, 0.3) is 22.2 Å². The van der Waals surface area contributed by atoms with Gasteiger partial charge in [-0.1, -0.05) is 12.1 Å². The molecule has 3 aromatic rings. The summed E-state index contributed by atoms with van der Waals surface area (Å²) in [5, 5.41) is 11.0. The van der Waals surface area contributed by atoms with Crippen molar-refractivity contribution in [3.05, 3.63) is 53.3 Å². The minimum absolute atomic E-state index is 0.163. The molecule has 29 heavy (non-hydrogen) atoms. The predicted molar refractivity (Wildman–Crippen MR) is 109 cm³/mol. The molecule has 0 bridgehead atoms. The lowest BCUT2D eigenvalue weighted by Gasteiger charge is -2.15. The largest absolute Gasteiger partial charge is 0.352 e. The maximum Gasteiger partial charge on any atom is 0.251 e. The zero-order valence-electron chi connectivity index (χ0n) is 16.3. The van der Waals surface area contributed by atoms with E-state index < -0.39 is 0 Å². The Kier molecular flexibility index (Phi) is 5.29. The lowest BCUT2D eigenvalue weighted by Crippen LogP contribution is -2.30. The van der Waals surface area contributed by atoms with Crippen molar-refractivity contribution in [2.24, 2.45) is 0 Å². The van der Waals surface area contributed by atoms with E-state index in [9.17, 15) is 14.0 Å². The van der Waals surface area contributed by atoms with Gasteiger partial charge in [-0.05, 0) is 49.6 Å². The molecule has 1 fully saturated rings. The third-order valence-electron chi connectivity index (χ3n) is 5.31. The summed E-state index contributed by atoms with van der Waals surface area (Å²) in [4.78, 5) is 26.2. The van der Waals surface area contributed by atoms with E-state index in [0.29, 0.717) is 36.3 Å². The van der Waals surface area contributed by atoms with Gasteiger partial charge in [0.05, 0.1) is 5.52 Å². The van der Waals surface area contributed by atoms with Gasteiger partial charge in [0.15, 0.2) is 0 Å². The molecule has 0 aliphatic carbocycles. The number of aromatic amines is 1. The van der Waals surface area contributed by atoms with Crippen LogP contribution >= 0.6 is 0 Å². The predicted octanol–water partition coefficient (Wildman–Crippen LogP) is 3.42. The van der Waals surface area contributed by atoms with E-state index in [1.165, 1.54) is 12.1 Å². The Morgan fingerprint density at radius 3 is 2.93 bits per heavy atom. The first-order valence-electron chi connectivity index (χ1n) is 9.83. The lowest BCUT2D eigenvalue weighted by atomic mass is 10.0. The number of hydrogen-bond acceptors (Lipinski definition) is 3. The normalized spacial score (nSPS) is 14.0. The number of aromatic nitrogens is 2. The lowest BCUT2D eigenvalue weighted by molar-refractivity contribution is -0.127. The van der Waals surface area contributed by atoms with E-state index in [-0.39, 0.29) is 17.6 Å². The first-order valence-corrected chi connectivity index (χ1v) is 9.83. The van der Waals surface area contributed by atoms with E-state index in [1.54, 1.807) is 18.2 Å². The molecule has 2 N–H and O–H groups in total. The summed E-state index contributed by atoms with van der Waals surface area (Å²) in [6, 6.07) is 9.92. The number of fused-ring (bicyclic) bond motifs is 1. The highest BCUT2D eigenvalue weighted by molar-refractivity contribution is 6.02. The number of halogens is 1. The fraction of sp³-hybridized carbons (Fsp3) is 0.318. The van der Waals surface area contributed by atoms with Crippen LogP contribution in [0.3, 0.4) is 0 Å². The van der Waals surface area contributed by atoms with Crippen molar-refractivity contribution in [1.29, 1.82) is 0 Å². The molecule has 1 saturated heterocycles. The molecular weight excluding hydrogens is 371 g/mol. The van der Waals surface area contributed by atoms with E-state index in [0.717, 1.165) is 35.9 Å². The molecule has 1 aromatic heterocycles. The Bertz CT molecular complexity index is 1080. The average molecular weight is 394 g/mol. The fourth-order valence-corrected chi connectivity index (χ4v) is 3.78. The number of H-pyrrole nitrogens is 1. The third-order valence-corrected chi connectivity index (χ3v) is 5.31. The van der Waals surface area contributed by atoms with Crippen molar-refractivity contribution in [2.45, 2.75) is 26.2 Å². The highest BCUT2D eigenvalue weighted by Gasteiger charge is 2.19. The van der Waals surface area contributed by atoms with Crippen molar-refractivity contribution in [1.82, 2.24) is 20.4 Å². The smallest absolute Gasteiger partial charge is 0.251 e. The summed E-state index contributed by atoms with van der Waals surface area (Å²) >= 11 is 0. The number of nitrogens with zero attached hydrogens (tertiary/aromatic N) is 2. The molecule has 7 heteroatoms. The van der Waals surface area contributed by atoms with Gasteiger partial charge in [0, 0.05) is 42.6 Å². The number of benzene rings is 2. The van der Waals surface area contributed by atoms with Crippen LogP contribution in [-0.2, 0) is 4.79 Å². The maximum absolute atomic E-state index is 13.6. The Labute approximate surface area is 168 Å². The summed E-state index contributed by atoms with van der Waals surface area (Å²) in [7, 11) is 0. The molecule has 0 atom stereocenters. The van der Waals surface area contributed by atoms with Crippen LogP contribution in [-0.4, -0.2) is 46.5 Å². The summed E-state index contributed by atoms with van der Waals surface area (Å²) in [5.74, 6) is -0.300. The Balaban J connectivity index is 1.49. The van der Waals surface area contributed by atoms with E-state index in [2.05, 4.69) is 15.5 Å². The second kappa shape index (κ2) is 8.03. The molecule has 0 saturated carbocycles. The molecule has 2 aromatic carbocycles. The van der Waals surface area contributed by atoms with Crippen molar-refractivity contribution < 1.29 is 14.0 Å². The zero-order valence-corrected chi connectivity index (χ0v) is 16.3. The Morgan fingerprint density at radius 2 is 2.17 bits per heavy atom. The highest BCUT2D eigenvalue weighted by atomic mass is 19.1. The number of carbonyl (C=O) groups is 2. The molecule has 0 unspecified atom stereocenters. The first-order chi connectivity index (χ1) is 14.0. The van der Waals surface area contributed by atoms with Crippen LogP contribution < -0.4 is 5.32 Å². The third kappa shape index (κ3) is 3.99. The van der Waals surface area contributed by atoms with Gasteiger partial charge in [0.1, 0.15) is 11.5 Å². The molecular formula is C22H23FN4O2. The van der Waals surface area contributed by atoms with E-state index >= 15 is 0 Å². The standard InChI is InChI=1S/C22H23FN4O2/c1-14-11-19-18(21(26-25-19)15-5-2-6-16(23)12-15)13-17(14)22(29)24-8-4-10-27-9-3-7-20(27)28/h2,5-6,11-13H,3-4,7-10H2,1H3,(H,24,29)(H,25,26). The number of rotatable bonds is 6. The monoisotopic (exact) mass is 394 g/mol. The van der Waals surface area contributed by atoms with Gasteiger partial charge in [0.25, 0.3) is 5.91 Å². The van der Waals surface area contributed by atoms with E-state index in [1.807, 2.05) is 17.9 Å². The SMILES string of the molecule is Cc1cc2[nH]nc(-c3cccc(F)c3)c2cc1C(=O)NCCCN1CCCC1=O. The van der Waals surface area contributed by atoms with E-state index in [4.69, 9.17) is 0 Å². The molecule has 1 aliphatic rings. The Morgan fingerprint density at radius 1 is 1.31 bits per heavy atom. The average Bonchev–Trinajstić information content (AvgIpc) is 3.30. The molecule has 150 valence electrons. The second-order valence-corrected chi connectivity index (χ2v) is 7.39. The quantitative estimate of drug-likeness (QED) is 0.629. The van der Waals surface area contributed by atoms with Gasteiger partial charge in [-0.2, -0.15) is 5.10 Å². The summed E-state index contributed by atoms with van der Waals surface area (Å²) in [6.45, 7) is 3.86. The van der Waals surface area contributed by atoms with Gasteiger partial charge in [-0.15, -0.1) is 0 Å². The summed E-state index contributed by atoms with van der Waals surface area (Å²) in [6.07, 6.45) is 2.27. The minimum Gasteiger partial charge on any atom is -0.352 e. The molecule has 1 aliphatic heterocycles. The highest BCUT2D eigenvalue weighted by Crippen LogP contribution is 2.29. The fourth-order valence-electron chi connectivity index (χ4n) is 3.78. The van der Waals surface area contributed by atoms with Crippen LogP contribution in [0.5, 0.6) is 0 Å².